The van der Waals surface area contributed by atoms with Crippen molar-refractivity contribution in [3.05, 3.63) is 69.7 Å². The lowest BCUT2D eigenvalue weighted by Crippen LogP contribution is -2.43. The zero-order chi connectivity index (χ0) is 21.0. The normalized spacial score (nSPS) is 16.0. The number of hydrogen-bond acceptors (Lipinski definition) is 3. The highest BCUT2D eigenvalue weighted by Gasteiger charge is 2.32. The molecule has 1 heterocycles. The summed E-state index contributed by atoms with van der Waals surface area (Å²) in [7, 11) is -1.56. The zero-order valence-electron chi connectivity index (χ0n) is 16.8. The number of hydrogen-bond donors (Lipinski definition) is 0. The van der Waals surface area contributed by atoms with Gasteiger partial charge in [0.15, 0.2) is 0 Å². The second kappa shape index (κ2) is 9.41. The minimum Gasteiger partial charge on any atom is -0.341 e. The van der Waals surface area contributed by atoms with Gasteiger partial charge in [0, 0.05) is 37.1 Å². The third-order valence-electron chi connectivity index (χ3n) is 5.38. The van der Waals surface area contributed by atoms with E-state index in [0.29, 0.717) is 32.5 Å². The SMILES string of the molecule is Cc1ccc(CN(C)C(=O)C2CCN(S(=O)(=O)Cc3ccc(Br)cc3)CC2)cc1. The Morgan fingerprint density at radius 1 is 1.03 bits per heavy atom. The number of nitrogens with zero attached hydrogens (tertiary/aromatic N) is 2. The molecular weight excluding hydrogens is 452 g/mol. The van der Waals surface area contributed by atoms with Gasteiger partial charge in [-0.25, -0.2) is 12.7 Å². The van der Waals surface area contributed by atoms with Gasteiger partial charge in [-0.1, -0.05) is 57.9 Å². The molecule has 0 atom stereocenters. The van der Waals surface area contributed by atoms with Crippen LogP contribution in [0.1, 0.15) is 29.5 Å². The number of carbonyl (C=O) groups is 1. The molecule has 1 fully saturated rings. The van der Waals surface area contributed by atoms with Crippen molar-refractivity contribution in [2.45, 2.75) is 32.1 Å². The largest absolute Gasteiger partial charge is 0.341 e. The van der Waals surface area contributed by atoms with Crippen molar-refractivity contribution < 1.29 is 13.2 Å². The summed E-state index contributed by atoms with van der Waals surface area (Å²) >= 11 is 3.36. The molecule has 1 amide bonds. The summed E-state index contributed by atoms with van der Waals surface area (Å²) in [5.74, 6) is -0.0354. The molecule has 0 aliphatic carbocycles. The first-order valence-electron chi connectivity index (χ1n) is 9.77. The number of sulfonamides is 1. The summed E-state index contributed by atoms with van der Waals surface area (Å²) in [6, 6.07) is 15.5. The third-order valence-corrected chi connectivity index (χ3v) is 7.75. The molecule has 0 N–H and O–H groups in total. The second-order valence-corrected chi connectivity index (χ2v) is 10.6. The molecule has 5 nitrogen and oxygen atoms in total. The topological polar surface area (TPSA) is 57.7 Å². The van der Waals surface area contributed by atoms with Crippen molar-refractivity contribution >= 4 is 31.9 Å². The summed E-state index contributed by atoms with van der Waals surface area (Å²) in [5, 5.41) is 0. The maximum Gasteiger partial charge on any atom is 0.225 e. The van der Waals surface area contributed by atoms with Crippen LogP contribution in [0, 0.1) is 12.8 Å². The molecule has 0 aromatic heterocycles. The van der Waals surface area contributed by atoms with Crippen LogP contribution < -0.4 is 0 Å². The van der Waals surface area contributed by atoms with Gasteiger partial charge < -0.3 is 4.90 Å². The van der Waals surface area contributed by atoms with E-state index in [9.17, 15) is 13.2 Å². The van der Waals surface area contributed by atoms with Crippen LogP contribution in [0.5, 0.6) is 0 Å². The first kappa shape index (κ1) is 22.0. The Morgan fingerprint density at radius 3 is 2.17 bits per heavy atom. The van der Waals surface area contributed by atoms with E-state index < -0.39 is 10.0 Å². The fourth-order valence-electron chi connectivity index (χ4n) is 3.62. The van der Waals surface area contributed by atoms with Crippen molar-refractivity contribution in [3.63, 3.8) is 0 Å². The van der Waals surface area contributed by atoms with E-state index >= 15 is 0 Å². The number of benzene rings is 2. The van der Waals surface area contributed by atoms with Crippen molar-refractivity contribution in [2.24, 2.45) is 5.92 Å². The molecule has 29 heavy (non-hydrogen) atoms. The average molecular weight is 479 g/mol. The van der Waals surface area contributed by atoms with Gasteiger partial charge in [-0.15, -0.1) is 0 Å². The maximum absolute atomic E-state index is 12.8. The van der Waals surface area contributed by atoms with Crippen molar-refractivity contribution in [2.75, 3.05) is 20.1 Å². The monoisotopic (exact) mass is 478 g/mol. The highest BCUT2D eigenvalue weighted by Crippen LogP contribution is 2.24. The molecule has 2 aromatic rings. The fourth-order valence-corrected chi connectivity index (χ4v) is 5.45. The molecule has 2 aromatic carbocycles. The molecule has 0 saturated carbocycles. The van der Waals surface area contributed by atoms with Gasteiger partial charge in [-0.2, -0.15) is 0 Å². The molecule has 1 saturated heterocycles. The third kappa shape index (κ3) is 5.90. The molecular formula is C22H27BrN2O3S. The molecule has 1 aliphatic heterocycles. The Kier molecular flexibility index (Phi) is 7.14. The van der Waals surface area contributed by atoms with Crippen molar-refractivity contribution in [3.8, 4) is 0 Å². The summed E-state index contributed by atoms with van der Waals surface area (Å²) in [6.07, 6.45) is 1.13. The van der Waals surface area contributed by atoms with Crippen LogP contribution >= 0.6 is 15.9 Å². The quantitative estimate of drug-likeness (QED) is 0.631. The van der Waals surface area contributed by atoms with Gasteiger partial charge in [0.1, 0.15) is 0 Å². The van der Waals surface area contributed by atoms with E-state index in [1.165, 1.54) is 9.87 Å². The number of carbonyl (C=O) groups excluding carboxylic acids is 1. The van der Waals surface area contributed by atoms with Gasteiger partial charge >= 0.3 is 0 Å². The van der Waals surface area contributed by atoms with Crippen LogP contribution in [0.4, 0.5) is 0 Å². The van der Waals surface area contributed by atoms with Crippen LogP contribution in [-0.4, -0.2) is 43.7 Å². The minimum atomic E-state index is -3.38. The predicted octanol–water partition coefficient (Wildman–Crippen LogP) is 3.96. The number of rotatable bonds is 6. The molecule has 7 heteroatoms. The predicted molar refractivity (Wildman–Crippen MR) is 119 cm³/mol. The van der Waals surface area contributed by atoms with E-state index in [1.54, 1.807) is 4.90 Å². The Morgan fingerprint density at radius 2 is 1.59 bits per heavy atom. The maximum atomic E-state index is 12.8. The van der Waals surface area contributed by atoms with Crippen LogP contribution in [-0.2, 0) is 27.1 Å². The number of aryl methyl sites for hydroxylation is 1. The first-order valence-corrected chi connectivity index (χ1v) is 12.2. The number of amides is 1. The highest BCUT2D eigenvalue weighted by molar-refractivity contribution is 9.10. The lowest BCUT2D eigenvalue weighted by atomic mass is 9.96. The molecule has 1 aliphatic rings. The molecule has 0 radical (unpaired) electrons. The van der Waals surface area contributed by atoms with Gasteiger partial charge in [-0.3, -0.25) is 4.79 Å². The van der Waals surface area contributed by atoms with Gasteiger partial charge in [0.2, 0.25) is 15.9 Å². The Bertz CT molecular complexity index is 935. The van der Waals surface area contributed by atoms with Crippen LogP contribution in [0.25, 0.3) is 0 Å². The summed E-state index contributed by atoms with van der Waals surface area (Å²) in [6.45, 7) is 3.40. The molecule has 0 spiro atoms. The van der Waals surface area contributed by atoms with Crippen LogP contribution in [0.3, 0.4) is 0 Å². The van der Waals surface area contributed by atoms with Gasteiger partial charge in [-0.05, 0) is 43.0 Å². The molecule has 156 valence electrons. The van der Waals surface area contributed by atoms with E-state index in [4.69, 9.17) is 0 Å². The van der Waals surface area contributed by atoms with E-state index in [-0.39, 0.29) is 17.6 Å². The Hall–Kier alpha value is -1.70. The number of halogens is 1. The lowest BCUT2D eigenvalue weighted by Gasteiger charge is -2.32. The standard InChI is InChI=1S/C22H27BrN2O3S/c1-17-3-5-18(6-4-17)15-24(2)22(26)20-11-13-25(14-12-20)29(27,28)16-19-7-9-21(23)10-8-19/h3-10,20H,11-16H2,1-2H3. The summed E-state index contributed by atoms with van der Waals surface area (Å²) < 4.78 is 27.9. The first-order chi connectivity index (χ1) is 13.7. The van der Waals surface area contributed by atoms with Gasteiger partial charge in [0.25, 0.3) is 0 Å². The van der Waals surface area contributed by atoms with Crippen molar-refractivity contribution in [1.29, 1.82) is 0 Å². The van der Waals surface area contributed by atoms with Crippen LogP contribution in [0.2, 0.25) is 0 Å². The van der Waals surface area contributed by atoms with E-state index in [1.807, 2.05) is 62.5 Å². The van der Waals surface area contributed by atoms with E-state index in [0.717, 1.165) is 15.6 Å². The Labute approximate surface area is 181 Å². The molecule has 0 bridgehead atoms. The highest BCUT2D eigenvalue weighted by atomic mass is 79.9. The van der Waals surface area contributed by atoms with Gasteiger partial charge in [0.05, 0.1) is 5.75 Å². The second-order valence-electron chi connectivity index (χ2n) is 7.74. The summed E-state index contributed by atoms with van der Waals surface area (Å²) in [4.78, 5) is 14.6. The number of piperidine rings is 1. The van der Waals surface area contributed by atoms with Crippen molar-refractivity contribution in [1.82, 2.24) is 9.21 Å². The lowest BCUT2D eigenvalue weighted by molar-refractivity contribution is -0.135. The average Bonchev–Trinajstić information content (AvgIpc) is 2.71. The Balaban J connectivity index is 1.54. The minimum absolute atomic E-state index is 0.00772. The smallest absolute Gasteiger partial charge is 0.225 e. The summed E-state index contributed by atoms with van der Waals surface area (Å²) in [5.41, 5.74) is 3.06. The van der Waals surface area contributed by atoms with E-state index in [2.05, 4.69) is 15.9 Å². The van der Waals surface area contributed by atoms with Crippen LogP contribution in [0.15, 0.2) is 53.0 Å². The molecule has 0 unspecified atom stereocenters. The fraction of sp³-hybridized carbons (Fsp3) is 0.409. The zero-order valence-corrected chi connectivity index (χ0v) is 19.2. The molecule has 3 rings (SSSR count).